The Kier molecular flexibility index (Phi) is 4.62. The Labute approximate surface area is 172 Å². The van der Waals surface area contributed by atoms with Gasteiger partial charge in [0.2, 0.25) is 17.3 Å². The van der Waals surface area contributed by atoms with Crippen molar-refractivity contribution in [1.29, 1.82) is 0 Å². The number of fused-ring (bicyclic) bond motifs is 6. The van der Waals surface area contributed by atoms with Crippen LogP contribution in [0.3, 0.4) is 0 Å². The smallest absolute Gasteiger partial charge is 0.240 e. The summed E-state index contributed by atoms with van der Waals surface area (Å²) in [6.45, 7) is 2.86. The molecule has 2 aromatic carbocycles. The van der Waals surface area contributed by atoms with E-state index in [0.29, 0.717) is 6.29 Å². The quantitative estimate of drug-likeness (QED) is 0.508. The van der Waals surface area contributed by atoms with Gasteiger partial charge in [0.15, 0.2) is 40.7 Å². The molecule has 0 amide bonds. The fourth-order valence-electron chi connectivity index (χ4n) is 4.09. The predicted octanol–water partition coefficient (Wildman–Crippen LogP) is 2.96. The highest BCUT2D eigenvalue weighted by Gasteiger charge is 2.60. The van der Waals surface area contributed by atoms with Crippen molar-refractivity contribution in [2.45, 2.75) is 32.7 Å². The van der Waals surface area contributed by atoms with Gasteiger partial charge < -0.3 is 34.3 Å². The highest BCUT2D eigenvalue weighted by atomic mass is 16.7. The number of hydrogen-bond donors (Lipinski definition) is 3. The zero-order valence-electron chi connectivity index (χ0n) is 16.0. The number of aldehydes is 1. The lowest BCUT2D eigenvalue weighted by Crippen LogP contribution is -2.55. The minimum Gasteiger partial charge on any atom is -0.504 e. The number of benzene rings is 2. The third-order valence-electron chi connectivity index (χ3n) is 5.36. The number of rotatable bonds is 3. The molecule has 2 bridgehead atoms. The van der Waals surface area contributed by atoms with Crippen LogP contribution in [0.4, 0.5) is 0 Å². The van der Waals surface area contributed by atoms with E-state index < -0.39 is 34.4 Å². The number of carbonyl (C=O) groups is 2. The van der Waals surface area contributed by atoms with Crippen LogP contribution in [0.15, 0.2) is 12.1 Å². The lowest BCUT2D eigenvalue weighted by atomic mass is 9.76. The van der Waals surface area contributed by atoms with E-state index in [4.69, 9.17) is 18.9 Å². The Balaban J connectivity index is 0.00000256. The fraction of sp³-hybridized carbons (Fsp3) is 0.333. The first-order valence-corrected chi connectivity index (χ1v) is 8.60. The van der Waals surface area contributed by atoms with Crippen molar-refractivity contribution in [1.82, 2.24) is 0 Å². The molecule has 0 spiro atoms. The maximum atomic E-state index is 13.5. The van der Waals surface area contributed by atoms with E-state index in [1.807, 2.05) is 0 Å². The minimum atomic E-state index is -1.77. The van der Waals surface area contributed by atoms with Gasteiger partial charge in [-0.3, -0.25) is 9.59 Å². The molecular weight excluding hydrogens is 396 g/mol. The molecule has 9 nitrogen and oxygen atoms in total. The first kappa shape index (κ1) is 21.3. The molecule has 2 unspecified atom stereocenters. The van der Waals surface area contributed by atoms with Crippen LogP contribution in [0.2, 0.25) is 0 Å². The van der Waals surface area contributed by atoms with Crippen molar-refractivity contribution in [3.63, 3.8) is 0 Å². The molecule has 2 atom stereocenters. The summed E-state index contributed by atoms with van der Waals surface area (Å²) in [5.41, 5.74) is -1.80. The van der Waals surface area contributed by atoms with Crippen LogP contribution in [-0.4, -0.2) is 41.6 Å². The zero-order valence-corrected chi connectivity index (χ0v) is 16.0. The molecule has 2 aromatic rings. The minimum absolute atomic E-state index is 0. The number of phenols is 3. The summed E-state index contributed by atoms with van der Waals surface area (Å²) in [6.07, 6.45) is 0.499. The highest BCUT2D eigenvalue weighted by Crippen LogP contribution is 2.60. The van der Waals surface area contributed by atoms with Crippen molar-refractivity contribution >= 4 is 12.1 Å². The topological polar surface area (TPSA) is 132 Å². The molecule has 0 aromatic heterocycles. The first-order valence-electron chi connectivity index (χ1n) is 8.60. The normalized spacial score (nSPS) is 23.4. The van der Waals surface area contributed by atoms with E-state index in [-0.39, 0.29) is 46.9 Å². The molecule has 0 fully saturated rings. The van der Waals surface area contributed by atoms with Gasteiger partial charge in [0.25, 0.3) is 0 Å². The van der Waals surface area contributed by atoms with Crippen molar-refractivity contribution in [3.05, 3.63) is 34.4 Å². The second kappa shape index (κ2) is 6.53. The van der Waals surface area contributed by atoms with E-state index >= 15 is 0 Å². The number of ether oxygens (including phenoxy) is 4. The number of hydrogen-bond acceptors (Lipinski definition) is 9. The average Bonchev–Trinajstić information content (AvgIpc) is 2.69. The molecule has 0 saturated carbocycles. The number of methoxy groups -OCH3 is 2. The van der Waals surface area contributed by atoms with Gasteiger partial charge in [-0.25, -0.2) is 0 Å². The molecule has 30 heavy (non-hydrogen) atoms. The zero-order chi connectivity index (χ0) is 21.3. The third-order valence-corrected chi connectivity index (χ3v) is 5.36. The molecule has 0 radical (unpaired) electrons. The van der Waals surface area contributed by atoms with E-state index in [9.17, 15) is 24.9 Å². The molecule has 9 heteroatoms. The molecule has 4 rings (SSSR count). The van der Waals surface area contributed by atoms with Crippen LogP contribution in [-0.2, 0) is 16.1 Å². The number of ketones is 1. The summed E-state index contributed by atoms with van der Waals surface area (Å²) in [5.74, 6) is -4.40. The number of phenolic OH excluding ortho intramolecular Hbond substituents is 3. The van der Waals surface area contributed by atoms with Gasteiger partial charge in [-0.2, -0.15) is 0 Å². The maximum absolute atomic E-state index is 13.5. The van der Waals surface area contributed by atoms with Gasteiger partial charge in [0, 0.05) is 23.6 Å². The van der Waals surface area contributed by atoms with E-state index in [2.05, 4.69) is 0 Å². The second-order valence-corrected chi connectivity index (χ2v) is 7.05. The maximum Gasteiger partial charge on any atom is 0.240 e. The van der Waals surface area contributed by atoms with Crippen molar-refractivity contribution in [3.8, 4) is 34.5 Å². The van der Waals surface area contributed by atoms with Crippen LogP contribution >= 0.6 is 0 Å². The fourth-order valence-corrected chi connectivity index (χ4v) is 4.09. The summed E-state index contributed by atoms with van der Waals surface area (Å²) >= 11 is 0. The van der Waals surface area contributed by atoms with Crippen molar-refractivity contribution in [2.24, 2.45) is 0 Å². The summed E-state index contributed by atoms with van der Waals surface area (Å²) in [4.78, 5) is 25.2. The summed E-state index contributed by atoms with van der Waals surface area (Å²) in [7, 11) is 2.58. The standard InChI is InChI=1S/C20H18O9.CH4/c1-19-12-8(7-21)5-10(26-3)15(23)17(12)28-20(2,29-19)13-9(18(19)25)6-11(27-4)14(22)16(13)24;/h5-7,22-24H,1-4H3;1H4. The average molecular weight is 418 g/mol. The van der Waals surface area contributed by atoms with Gasteiger partial charge in [0.1, 0.15) is 0 Å². The molecule has 160 valence electrons. The van der Waals surface area contributed by atoms with Gasteiger partial charge in [-0.05, 0) is 19.1 Å². The number of Topliss-reactive ketones (excluding diaryl/α,β-unsaturated/α-hetero) is 1. The van der Waals surface area contributed by atoms with E-state index in [1.54, 1.807) is 0 Å². The highest BCUT2D eigenvalue weighted by molar-refractivity contribution is 6.08. The lowest BCUT2D eigenvalue weighted by Gasteiger charge is -2.49. The Morgan fingerprint density at radius 1 is 0.967 bits per heavy atom. The van der Waals surface area contributed by atoms with E-state index in [1.165, 1.54) is 40.2 Å². The summed E-state index contributed by atoms with van der Waals surface area (Å²) < 4.78 is 22.0. The summed E-state index contributed by atoms with van der Waals surface area (Å²) in [5, 5.41) is 31.4. The lowest BCUT2D eigenvalue weighted by molar-refractivity contribution is -0.255. The molecule has 2 heterocycles. The van der Waals surface area contributed by atoms with Gasteiger partial charge in [-0.15, -0.1) is 0 Å². The van der Waals surface area contributed by atoms with Crippen LogP contribution < -0.4 is 14.2 Å². The van der Waals surface area contributed by atoms with Gasteiger partial charge in [-0.1, -0.05) is 7.43 Å². The monoisotopic (exact) mass is 418 g/mol. The SMILES string of the molecule is C.COc1cc2c(c(O)c1O)C1(C)Oc3c(O)c(OC)cc(C=O)c3C(C)(O1)C2=O. The van der Waals surface area contributed by atoms with Crippen molar-refractivity contribution in [2.75, 3.05) is 14.2 Å². The molecule has 0 aliphatic carbocycles. The Hall–Kier alpha value is -3.46. The molecule has 3 N–H and O–H groups in total. The van der Waals surface area contributed by atoms with Crippen LogP contribution in [0.25, 0.3) is 0 Å². The van der Waals surface area contributed by atoms with E-state index in [0.717, 1.165) is 0 Å². The molecular formula is C21H22O9. The van der Waals surface area contributed by atoms with Gasteiger partial charge in [0.05, 0.1) is 19.8 Å². The second-order valence-electron chi connectivity index (χ2n) is 7.05. The summed E-state index contributed by atoms with van der Waals surface area (Å²) in [6, 6.07) is 2.55. The molecule has 2 aliphatic rings. The molecule has 0 saturated heterocycles. The largest absolute Gasteiger partial charge is 0.504 e. The molecule has 2 aliphatic heterocycles. The Bertz CT molecular complexity index is 1090. The van der Waals surface area contributed by atoms with Gasteiger partial charge >= 0.3 is 0 Å². The van der Waals surface area contributed by atoms with Crippen LogP contribution in [0, 0.1) is 0 Å². The van der Waals surface area contributed by atoms with Crippen molar-refractivity contribution < 1.29 is 43.9 Å². The Morgan fingerprint density at radius 2 is 1.57 bits per heavy atom. The number of aromatic hydroxyl groups is 3. The van der Waals surface area contributed by atoms with Crippen LogP contribution in [0.5, 0.6) is 34.5 Å². The first-order chi connectivity index (χ1) is 13.6. The number of carbonyl (C=O) groups excluding carboxylic acids is 2. The van der Waals surface area contributed by atoms with Crippen LogP contribution in [0.1, 0.15) is 53.1 Å². The third kappa shape index (κ3) is 2.38. The Morgan fingerprint density at radius 3 is 2.13 bits per heavy atom. The predicted molar refractivity (Wildman–Crippen MR) is 104 cm³/mol.